The van der Waals surface area contributed by atoms with Gasteiger partial charge in [-0.2, -0.15) is 11.8 Å². The smallest absolute Gasteiger partial charge is 0.246 e. The highest BCUT2D eigenvalue weighted by Crippen LogP contribution is 2.27. The number of rotatable bonds is 23. The van der Waals surface area contributed by atoms with Crippen LogP contribution in [0.1, 0.15) is 184 Å². The van der Waals surface area contributed by atoms with Crippen molar-refractivity contribution in [2.75, 3.05) is 73.9 Å². The summed E-state index contributed by atoms with van der Waals surface area (Å²) in [6, 6.07) is -14.2. The number of allylic oxidation sites excluding steroid dienone is 2. The Morgan fingerprint density at radius 3 is 1.40 bits per heavy atom. The van der Waals surface area contributed by atoms with Crippen LogP contribution in [0.15, 0.2) is 12.2 Å². The van der Waals surface area contributed by atoms with Crippen molar-refractivity contribution < 1.29 is 63.0 Å². The highest BCUT2D eigenvalue weighted by Gasteiger charge is 2.47. The predicted molar refractivity (Wildman–Crippen MR) is 388 cm³/mol. The van der Waals surface area contributed by atoms with Gasteiger partial charge in [0.1, 0.15) is 66.5 Å². The maximum absolute atomic E-state index is 15.5. The van der Waals surface area contributed by atoms with Crippen LogP contribution < -0.4 is 21.3 Å². The molecule has 0 bridgehead atoms. The van der Waals surface area contributed by atoms with E-state index in [4.69, 9.17) is 0 Å². The molecule has 13 atom stereocenters. The molecule has 1 fully saturated rings. The summed E-state index contributed by atoms with van der Waals surface area (Å²) in [5, 5.41) is 34.9. The molecule has 11 amide bonds. The van der Waals surface area contributed by atoms with Gasteiger partial charge in [0.15, 0.2) is 0 Å². The Hall–Kier alpha value is -5.86. The fraction of sp³-hybridized carbons (Fsp3) is 0.819. The van der Waals surface area contributed by atoms with Crippen molar-refractivity contribution in [3.63, 3.8) is 0 Å². The molecule has 0 saturated carbocycles. The molecule has 0 aromatic heterocycles. The zero-order valence-corrected chi connectivity index (χ0v) is 66.0. The molecular weight excluding hydrogens is 1270 g/mol. The molecule has 0 spiro atoms. The lowest BCUT2D eigenvalue weighted by Crippen LogP contribution is -2.64. The average Bonchev–Trinajstić information content (AvgIpc) is 0.805. The van der Waals surface area contributed by atoms with Gasteiger partial charge in [0.05, 0.1) is 11.7 Å². The SMILES string of the molecule is CC=CC[C@@H](C)[C@@H](O)[C@H]1C(=O)N[C@@H](CC)C(=O)N(C)[C@H](CSCCN(CC(C)C)C(C)C)C(=O)N(C)[C@@H](CC(C)(C)O)C(=O)N[C@@H](C(C)C)C(=O)N(C)[C@@H](CC(C)C)C(=O)N[C@@H](C)C(=O)N[C@H](C)C(=O)N(C)[C@@H](CC(C)C)C(=O)N(C)[C@@H](CC(C)C)C(=O)N(C)[C@@H](C(C)C)C(=O)N1C. The third kappa shape index (κ3) is 26.6. The second-order valence-corrected chi connectivity index (χ2v) is 31.9. The van der Waals surface area contributed by atoms with E-state index in [9.17, 15) is 29.4 Å². The van der Waals surface area contributed by atoms with Gasteiger partial charge in [0.25, 0.3) is 0 Å². The van der Waals surface area contributed by atoms with Crippen molar-refractivity contribution >= 4 is 76.7 Å². The Kier molecular flexibility index (Phi) is 37.9. The molecule has 0 unspecified atom stereocenters. The summed E-state index contributed by atoms with van der Waals surface area (Å²) in [4.78, 5) is 176. The van der Waals surface area contributed by atoms with E-state index in [-0.39, 0.29) is 68.1 Å². The van der Waals surface area contributed by atoms with Crippen LogP contribution in [0.3, 0.4) is 0 Å². The highest BCUT2D eigenvalue weighted by atomic mass is 32.2. The summed E-state index contributed by atoms with van der Waals surface area (Å²) in [5.74, 6) is -9.38. The van der Waals surface area contributed by atoms with Gasteiger partial charge in [-0.25, -0.2) is 0 Å². The zero-order valence-electron chi connectivity index (χ0n) is 65.1. The molecular formula is C72H132N12O13S. The van der Waals surface area contributed by atoms with Gasteiger partial charge < -0.3 is 65.8 Å². The van der Waals surface area contributed by atoms with Gasteiger partial charge in [0, 0.05) is 86.4 Å². The number of amides is 11. The first-order valence-corrected chi connectivity index (χ1v) is 36.7. The van der Waals surface area contributed by atoms with Gasteiger partial charge in [-0.15, -0.1) is 0 Å². The molecule has 564 valence electrons. The molecule has 0 aliphatic carbocycles. The van der Waals surface area contributed by atoms with E-state index in [2.05, 4.69) is 53.9 Å². The first-order valence-electron chi connectivity index (χ1n) is 35.5. The van der Waals surface area contributed by atoms with Crippen LogP contribution in [-0.2, 0) is 52.7 Å². The fourth-order valence-electron chi connectivity index (χ4n) is 12.4. The van der Waals surface area contributed by atoms with Gasteiger partial charge in [-0.3, -0.25) is 57.6 Å². The monoisotopic (exact) mass is 1400 g/mol. The van der Waals surface area contributed by atoms with E-state index in [0.29, 0.717) is 18.2 Å². The summed E-state index contributed by atoms with van der Waals surface area (Å²) in [5.41, 5.74) is -1.59. The van der Waals surface area contributed by atoms with Crippen LogP contribution in [0.25, 0.3) is 0 Å². The molecule has 1 saturated heterocycles. The lowest BCUT2D eigenvalue weighted by Gasteiger charge is -2.41. The first-order chi connectivity index (χ1) is 45.1. The number of nitrogens with zero attached hydrogens (tertiary/aromatic N) is 8. The number of aliphatic hydroxyl groups is 2. The minimum Gasteiger partial charge on any atom is -0.390 e. The van der Waals surface area contributed by atoms with E-state index < -0.39 is 161 Å². The van der Waals surface area contributed by atoms with E-state index >= 15 is 33.6 Å². The van der Waals surface area contributed by atoms with Crippen molar-refractivity contribution in [1.82, 2.24) is 60.5 Å². The largest absolute Gasteiger partial charge is 0.390 e. The van der Waals surface area contributed by atoms with Crippen molar-refractivity contribution in [1.29, 1.82) is 0 Å². The molecule has 1 aliphatic heterocycles. The van der Waals surface area contributed by atoms with Crippen molar-refractivity contribution in [2.24, 2.45) is 41.4 Å². The summed E-state index contributed by atoms with van der Waals surface area (Å²) >= 11 is 1.41. The van der Waals surface area contributed by atoms with E-state index in [1.54, 1.807) is 54.5 Å². The van der Waals surface area contributed by atoms with Crippen molar-refractivity contribution in [2.45, 2.75) is 268 Å². The Balaban J connectivity index is 4.62. The molecule has 0 aromatic rings. The number of hydrogen-bond donors (Lipinski definition) is 6. The molecule has 98 heavy (non-hydrogen) atoms. The van der Waals surface area contributed by atoms with E-state index in [1.165, 1.54) is 113 Å². The fourth-order valence-corrected chi connectivity index (χ4v) is 13.5. The Bertz CT molecular complexity index is 2670. The van der Waals surface area contributed by atoms with E-state index in [0.717, 1.165) is 16.3 Å². The average molecular weight is 1410 g/mol. The molecule has 1 heterocycles. The minimum absolute atomic E-state index is 0.0102. The maximum atomic E-state index is 15.5. The second-order valence-electron chi connectivity index (χ2n) is 30.8. The number of nitrogens with one attached hydrogen (secondary N) is 4. The molecule has 6 N–H and O–H groups in total. The summed E-state index contributed by atoms with van der Waals surface area (Å²) in [6.07, 6.45) is 2.36. The number of hydrogen-bond acceptors (Lipinski definition) is 15. The Morgan fingerprint density at radius 1 is 0.500 bits per heavy atom. The van der Waals surface area contributed by atoms with Gasteiger partial charge in [-0.1, -0.05) is 109 Å². The quantitative estimate of drug-likeness (QED) is 0.0589. The van der Waals surface area contributed by atoms with Crippen LogP contribution in [0.5, 0.6) is 0 Å². The van der Waals surface area contributed by atoms with Crippen molar-refractivity contribution in [3.8, 4) is 0 Å². The number of carbonyl (C=O) groups is 11. The third-order valence-electron chi connectivity index (χ3n) is 18.5. The second kappa shape index (κ2) is 41.2. The highest BCUT2D eigenvalue weighted by molar-refractivity contribution is 7.99. The van der Waals surface area contributed by atoms with Crippen LogP contribution in [0.2, 0.25) is 0 Å². The summed E-state index contributed by atoms with van der Waals surface area (Å²) in [7, 11) is 9.92. The molecule has 26 heteroatoms. The number of aliphatic hydroxyl groups excluding tert-OH is 1. The van der Waals surface area contributed by atoms with Gasteiger partial charge >= 0.3 is 0 Å². The Labute approximate surface area is 593 Å². The standard InChI is InChI=1S/C72H132N12O13S/c1-29-31-32-48(17)60(85)59-64(89)75-51(30-2)66(91)81(26)56(40-98-34-33-84(47(15)16)39-44(9)10)69(94)80(25)55(38-72(20,21)97)63(88)76-57(45(11)12)70(95)77(22)52(35-41(3)4)62(87)73-49(18)61(86)74-50(19)65(90)78(23)53(36-42(5)6)67(92)79(24)54(37-43(7)8)68(93)82(27)58(46(13)14)71(96)83(59)28/h29,31,41-60,85,97H,30,32-40H2,1-28H3,(H,73,87)(H,74,86)(H,75,89)(H,76,88)/t48-,49+,50-,51+,52+,53+,54+,55+,56-,57+,58+,59+,60-/m1/s1. The van der Waals surface area contributed by atoms with Gasteiger partial charge in [-0.05, 0) is 122 Å². The molecule has 25 nitrogen and oxygen atoms in total. The zero-order chi connectivity index (χ0) is 76.0. The number of likely N-dealkylation sites (N-methyl/N-ethyl adjacent to an activating group) is 7. The van der Waals surface area contributed by atoms with Crippen molar-refractivity contribution in [3.05, 3.63) is 12.2 Å². The number of thioether (sulfide) groups is 1. The van der Waals surface area contributed by atoms with Gasteiger partial charge in [0.2, 0.25) is 65.0 Å². The summed E-state index contributed by atoms with van der Waals surface area (Å²) in [6.45, 7) is 38.9. The maximum Gasteiger partial charge on any atom is 0.246 e. The van der Waals surface area contributed by atoms with Crippen LogP contribution in [0.4, 0.5) is 0 Å². The molecule has 1 rings (SSSR count). The van der Waals surface area contributed by atoms with Crippen LogP contribution in [0, 0.1) is 41.4 Å². The third-order valence-corrected chi connectivity index (χ3v) is 19.5. The predicted octanol–water partition coefficient (Wildman–Crippen LogP) is 4.85. The lowest BCUT2D eigenvalue weighted by molar-refractivity contribution is -0.157. The first kappa shape index (κ1) is 90.2. The number of carbonyl (C=O) groups excluding carboxylic acids is 11. The van der Waals surface area contributed by atoms with Crippen LogP contribution in [-0.4, -0.2) is 273 Å². The minimum atomic E-state index is -1.66. The Morgan fingerprint density at radius 2 is 0.939 bits per heavy atom. The van der Waals surface area contributed by atoms with E-state index in [1.807, 2.05) is 47.6 Å². The lowest BCUT2D eigenvalue weighted by atomic mass is 9.91. The normalized spacial score (nSPS) is 26.0. The topological polar surface area (TPSA) is 302 Å². The molecule has 0 radical (unpaired) electrons. The molecule has 1 aliphatic rings. The summed E-state index contributed by atoms with van der Waals surface area (Å²) < 4.78 is 0. The van der Waals surface area contributed by atoms with Crippen LogP contribution >= 0.6 is 11.8 Å². The molecule has 0 aromatic carbocycles.